The molecule has 0 atom stereocenters. The number of carbonyl (C=O) groups is 1. The van der Waals surface area contributed by atoms with Gasteiger partial charge in [0.15, 0.2) is 0 Å². The molecule has 1 aliphatic heterocycles. The van der Waals surface area contributed by atoms with Crippen LogP contribution >= 0.6 is 23.2 Å². The van der Waals surface area contributed by atoms with E-state index in [1.807, 2.05) is 29.2 Å². The van der Waals surface area contributed by atoms with Crippen molar-refractivity contribution < 1.29 is 13.2 Å². The van der Waals surface area contributed by atoms with Gasteiger partial charge in [0.25, 0.3) is 5.91 Å². The molecule has 1 heterocycles. The van der Waals surface area contributed by atoms with E-state index in [0.29, 0.717) is 34.4 Å². The van der Waals surface area contributed by atoms with Crippen LogP contribution in [-0.4, -0.2) is 51.7 Å². The number of rotatable bonds is 6. The molecule has 1 saturated heterocycles. The minimum absolute atomic E-state index is 0.0351. The minimum Gasteiger partial charge on any atom is -0.368 e. The van der Waals surface area contributed by atoms with Gasteiger partial charge >= 0.3 is 0 Å². The van der Waals surface area contributed by atoms with Crippen LogP contribution in [-0.2, 0) is 16.6 Å². The maximum atomic E-state index is 13.0. The molecule has 3 aromatic carbocycles. The molecule has 0 N–H and O–H groups in total. The van der Waals surface area contributed by atoms with Gasteiger partial charge in [-0.25, -0.2) is 8.42 Å². The second-order valence-corrected chi connectivity index (χ2v) is 11.0. The van der Waals surface area contributed by atoms with E-state index in [0.717, 1.165) is 30.6 Å². The molecule has 0 saturated carbocycles. The Labute approximate surface area is 210 Å². The molecule has 4 rings (SSSR count). The van der Waals surface area contributed by atoms with Crippen molar-refractivity contribution >= 4 is 50.5 Å². The van der Waals surface area contributed by atoms with Crippen LogP contribution in [0.25, 0.3) is 0 Å². The van der Waals surface area contributed by atoms with Crippen molar-refractivity contribution in [3.05, 3.63) is 94.0 Å². The summed E-state index contributed by atoms with van der Waals surface area (Å²) in [6, 6.07) is 21.5. The molecule has 34 heavy (non-hydrogen) atoms. The van der Waals surface area contributed by atoms with Crippen LogP contribution in [0.2, 0.25) is 10.0 Å². The molecule has 0 radical (unpaired) electrons. The van der Waals surface area contributed by atoms with Crippen LogP contribution in [0.1, 0.15) is 15.9 Å². The van der Waals surface area contributed by atoms with Gasteiger partial charge < -0.3 is 9.80 Å². The average Bonchev–Trinajstić information content (AvgIpc) is 2.82. The van der Waals surface area contributed by atoms with Crippen LogP contribution < -0.4 is 9.21 Å². The molecule has 0 aromatic heterocycles. The van der Waals surface area contributed by atoms with Gasteiger partial charge in [-0.2, -0.15) is 0 Å². The predicted octanol–water partition coefficient (Wildman–Crippen LogP) is 4.92. The summed E-state index contributed by atoms with van der Waals surface area (Å²) in [5.41, 5.74) is 2.90. The number of hydrogen-bond donors (Lipinski definition) is 0. The Bertz CT molecular complexity index is 1270. The SMILES string of the molecule is CS(=O)(=O)N(Cc1ccc(C(=O)N2CCN(c3cccc(Cl)c3)CC2)cc1)c1cccc(Cl)c1. The second-order valence-electron chi connectivity index (χ2n) is 8.21. The number of nitrogens with zero attached hydrogens (tertiary/aromatic N) is 3. The van der Waals surface area contributed by atoms with Crippen LogP contribution in [0.3, 0.4) is 0 Å². The zero-order valence-corrected chi connectivity index (χ0v) is 21.0. The van der Waals surface area contributed by atoms with Crippen molar-refractivity contribution in [2.45, 2.75) is 6.54 Å². The first-order valence-corrected chi connectivity index (χ1v) is 13.4. The van der Waals surface area contributed by atoms with Crippen molar-refractivity contribution in [1.29, 1.82) is 0 Å². The summed E-state index contributed by atoms with van der Waals surface area (Å²) in [5, 5.41) is 1.16. The largest absolute Gasteiger partial charge is 0.368 e. The maximum absolute atomic E-state index is 13.0. The number of benzene rings is 3. The normalized spacial score (nSPS) is 14.2. The summed E-state index contributed by atoms with van der Waals surface area (Å²) < 4.78 is 26.1. The number of anilines is 2. The third-order valence-corrected chi connectivity index (χ3v) is 7.37. The zero-order valence-electron chi connectivity index (χ0n) is 18.7. The third kappa shape index (κ3) is 5.84. The molecular formula is C25H25Cl2N3O3S. The van der Waals surface area contributed by atoms with E-state index in [4.69, 9.17) is 23.2 Å². The molecule has 1 fully saturated rings. The summed E-state index contributed by atoms with van der Waals surface area (Å²) >= 11 is 12.2. The molecule has 0 aliphatic carbocycles. The van der Waals surface area contributed by atoms with E-state index in [1.54, 1.807) is 48.5 Å². The van der Waals surface area contributed by atoms with Crippen LogP contribution in [0, 0.1) is 0 Å². The number of piperazine rings is 1. The average molecular weight is 518 g/mol. The highest BCUT2D eigenvalue weighted by molar-refractivity contribution is 7.92. The topological polar surface area (TPSA) is 60.9 Å². The smallest absolute Gasteiger partial charge is 0.253 e. The van der Waals surface area contributed by atoms with Gasteiger partial charge in [-0.3, -0.25) is 9.10 Å². The lowest BCUT2D eigenvalue weighted by Crippen LogP contribution is -2.48. The molecule has 6 nitrogen and oxygen atoms in total. The number of amides is 1. The fraction of sp³-hybridized carbons (Fsp3) is 0.240. The lowest BCUT2D eigenvalue weighted by Gasteiger charge is -2.36. The quantitative estimate of drug-likeness (QED) is 0.465. The summed E-state index contributed by atoms with van der Waals surface area (Å²) in [5.74, 6) is -0.0351. The summed E-state index contributed by atoms with van der Waals surface area (Å²) in [4.78, 5) is 17.1. The molecule has 3 aromatic rings. The Morgan fingerprint density at radius 2 is 1.50 bits per heavy atom. The Morgan fingerprint density at radius 3 is 2.09 bits per heavy atom. The van der Waals surface area contributed by atoms with E-state index in [-0.39, 0.29) is 12.5 Å². The number of halogens is 2. The van der Waals surface area contributed by atoms with E-state index in [2.05, 4.69) is 4.90 Å². The first kappa shape index (κ1) is 24.4. The van der Waals surface area contributed by atoms with E-state index in [1.165, 1.54) is 4.31 Å². The highest BCUT2D eigenvalue weighted by Crippen LogP contribution is 2.25. The van der Waals surface area contributed by atoms with Gasteiger partial charge in [0, 0.05) is 47.5 Å². The first-order chi connectivity index (χ1) is 16.2. The highest BCUT2D eigenvalue weighted by atomic mass is 35.5. The molecule has 0 spiro atoms. The van der Waals surface area contributed by atoms with Crippen molar-refractivity contribution in [2.75, 3.05) is 41.6 Å². The van der Waals surface area contributed by atoms with Crippen molar-refractivity contribution in [2.24, 2.45) is 0 Å². The Hall–Kier alpha value is -2.74. The number of hydrogen-bond acceptors (Lipinski definition) is 4. The summed E-state index contributed by atoms with van der Waals surface area (Å²) in [7, 11) is -3.52. The fourth-order valence-corrected chi connectivity index (χ4v) is 5.22. The minimum atomic E-state index is -3.52. The Balaban J connectivity index is 1.41. The van der Waals surface area contributed by atoms with Crippen LogP contribution in [0.15, 0.2) is 72.8 Å². The van der Waals surface area contributed by atoms with Crippen molar-refractivity contribution in [3.8, 4) is 0 Å². The Morgan fingerprint density at radius 1 is 0.882 bits per heavy atom. The molecular weight excluding hydrogens is 493 g/mol. The number of sulfonamides is 1. The van der Waals surface area contributed by atoms with Gasteiger partial charge in [-0.15, -0.1) is 0 Å². The van der Waals surface area contributed by atoms with Gasteiger partial charge in [-0.05, 0) is 54.1 Å². The highest BCUT2D eigenvalue weighted by Gasteiger charge is 2.23. The van der Waals surface area contributed by atoms with Crippen LogP contribution in [0.4, 0.5) is 11.4 Å². The molecule has 9 heteroatoms. The molecule has 1 amide bonds. The zero-order chi connectivity index (χ0) is 24.3. The Kier molecular flexibility index (Phi) is 7.36. The van der Waals surface area contributed by atoms with Crippen LogP contribution in [0.5, 0.6) is 0 Å². The van der Waals surface area contributed by atoms with E-state index in [9.17, 15) is 13.2 Å². The summed E-state index contributed by atoms with van der Waals surface area (Å²) in [6.07, 6.45) is 1.16. The van der Waals surface area contributed by atoms with Gasteiger partial charge in [0.1, 0.15) is 0 Å². The molecule has 1 aliphatic rings. The van der Waals surface area contributed by atoms with Gasteiger partial charge in [0.2, 0.25) is 10.0 Å². The lowest BCUT2D eigenvalue weighted by atomic mass is 10.1. The first-order valence-electron chi connectivity index (χ1n) is 10.8. The monoisotopic (exact) mass is 517 g/mol. The maximum Gasteiger partial charge on any atom is 0.253 e. The summed E-state index contributed by atoms with van der Waals surface area (Å²) in [6.45, 7) is 2.83. The third-order valence-electron chi connectivity index (χ3n) is 5.76. The fourth-order valence-electron chi connectivity index (χ4n) is 3.97. The lowest BCUT2D eigenvalue weighted by molar-refractivity contribution is 0.0746. The van der Waals surface area contributed by atoms with Gasteiger partial charge in [-0.1, -0.05) is 47.5 Å². The van der Waals surface area contributed by atoms with Crippen molar-refractivity contribution in [1.82, 2.24) is 4.90 Å². The van der Waals surface area contributed by atoms with E-state index >= 15 is 0 Å². The number of carbonyl (C=O) groups excluding carboxylic acids is 1. The van der Waals surface area contributed by atoms with Gasteiger partial charge in [0.05, 0.1) is 18.5 Å². The van der Waals surface area contributed by atoms with Crippen molar-refractivity contribution in [3.63, 3.8) is 0 Å². The second kappa shape index (κ2) is 10.3. The molecule has 178 valence electrons. The van der Waals surface area contributed by atoms with E-state index < -0.39 is 10.0 Å². The molecule has 0 bridgehead atoms. The standard InChI is InChI=1S/C25H25Cl2N3O3S/c1-34(32,33)30(24-7-3-5-22(27)17-24)18-19-8-10-20(11-9-19)25(31)29-14-12-28(13-15-29)23-6-2-4-21(26)16-23/h2-11,16-17H,12-15,18H2,1H3. The molecule has 0 unspecified atom stereocenters. The predicted molar refractivity (Wildman–Crippen MR) is 138 cm³/mol.